The molecule has 3 nitrogen and oxygen atoms in total. The third-order valence-corrected chi connectivity index (χ3v) is 3.10. The molecule has 0 unspecified atom stereocenters. The predicted octanol–water partition coefficient (Wildman–Crippen LogP) is 1.91. The summed E-state index contributed by atoms with van der Waals surface area (Å²) < 4.78 is 10.1. The number of rotatable bonds is 1. The normalized spacial score (nSPS) is 39.5. The lowest BCUT2D eigenvalue weighted by Crippen LogP contribution is -2.36. The van der Waals surface area contributed by atoms with Crippen LogP contribution in [0.3, 0.4) is 0 Å². The first-order valence-corrected chi connectivity index (χ1v) is 4.92. The molecule has 0 radical (unpaired) electrons. The fourth-order valence-electron chi connectivity index (χ4n) is 0.818. The van der Waals surface area contributed by atoms with Crippen molar-refractivity contribution in [2.75, 3.05) is 13.2 Å². The molecule has 1 N–H and O–H groups in total. The van der Waals surface area contributed by atoms with E-state index in [2.05, 4.69) is 20.8 Å². The van der Waals surface area contributed by atoms with Gasteiger partial charge in [-0.2, -0.15) is 0 Å². The Hall–Kier alpha value is 0.310. The molecule has 1 heterocycles. The summed E-state index contributed by atoms with van der Waals surface area (Å²) in [5.74, 6) is 0.520. The molecule has 0 saturated carbocycles. The maximum Gasteiger partial charge on any atom is 0.329 e. The highest BCUT2D eigenvalue weighted by Gasteiger charge is 2.35. The van der Waals surface area contributed by atoms with E-state index in [9.17, 15) is 0 Å². The lowest BCUT2D eigenvalue weighted by Gasteiger charge is -2.37. The van der Waals surface area contributed by atoms with E-state index in [1.54, 1.807) is 0 Å². The van der Waals surface area contributed by atoms with Gasteiger partial charge in [0.25, 0.3) is 0 Å². The molecule has 4 heteroatoms. The van der Waals surface area contributed by atoms with Crippen molar-refractivity contribution in [3.63, 3.8) is 0 Å². The highest BCUT2D eigenvalue weighted by molar-refractivity contribution is 7.40. The molecule has 0 aromatic heterocycles. The summed E-state index contributed by atoms with van der Waals surface area (Å²) in [5, 5.41) is 0. The largest absolute Gasteiger partial charge is 0.329 e. The molecule has 0 bridgehead atoms. The molecule has 66 valence electrons. The van der Waals surface area contributed by atoms with Gasteiger partial charge in [0.1, 0.15) is 0 Å². The maximum atomic E-state index is 8.94. The third-order valence-electron chi connectivity index (χ3n) is 2.40. The molecular formula is C7H15O3P. The first-order chi connectivity index (χ1) is 5.04. The predicted molar refractivity (Wildman–Crippen MR) is 44.0 cm³/mol. The van der Waals surface area contributed by atoms with Crippen molar-refractivity contribution in [2.45, 2.75) is 20.8 Å². The van der Waals surface area contributed by atoms with Crippen LogP contribution in [-0.4, -0.2) is 18.1 Å². The van der Waals surface area contributed by atoms with E-state index in [1.807, 2.05) is 0 Å². The van der Waals surface area contributed by atoms with Crippen LogP contribution in [0.1, 0.15) is 20.8 Å². The highest BCUT2D eigenvalue weighted by Crippen LogP contribution is 2.44. The molecule has 1 aliphatic heterocycles. The van der Waals surface area contributed by atoms with Crippen LogP contribution in [-0.2, 0) is 9.05 Å². The molecule has 0 spiro atoms. The van der Waals surface area contributed by atoms with Gasteiger partial charge in [-0.1, -0.05) is 20.8 Å². The minimum atomic E-state index is -1.57. The summed E-state index contributed by atoms with van der Waals surface area (Å²) in [7, 11) is -1.57. The van der Waals surface area contributed by atoms with Gasteiger partial charge in [-0.05, 0) is 5.92 Å². The molecule has 11 heavy (non-hydrogen) atoms. The molecule has 0 atom stereocenters. The summed E-state index contributed by atoms with van der Waals surface area (Å²) in [6.45, 7) is 7.59. The smallest absolute Gasteiger partial charge is 0.328 e. The van der Waals surface area contributed by atoms with Crippen LogP contribution in [0, 0.1) is 11.3 Å². The number of hydrogen-bond acceptors (Lipinski definition) is 3. The second-order valence-electron chi connectivity index (χ2n) is 3.59. The van der Waals surface area contributed by atoms with Gasteiger partial charge in [-0.15, -0.1) is 0 Å². The molecule has 0 aromatic carbocycles. The van der Waals surface area contributed by atoms with Crippen LogP contribution in [0.25, 0.3) is 0 Å². The quantitative estimate of drug-likeness (QED) is 0.623. The Morgan fingerprint density at radius 3 is 2.18 bits per heavy atom. The Morgan fingerprint density at radius 1 is 1.36 bits per heavy atom. The third kappa shape index (κ3) is 2.12. The zero-order chi connectivity index (χ0) is 8.48. The van der Waals surface area contributed by atoms with Crippen molar-refractivity contribution in [3.8, 4) is 0 Å². The zero-order valence-corrected chi connectivity index (χ0v) is 8.10. The Morgan fingerprint density at radius 2 is 1.82 bits per heavy atom. The lowest BCUT2D eigenvalue weighted by atomic mass is 9.81. The van der Waals surface area contributed by atoms with Crippen molar-refractivity contribution in [3.05, 3.63) is 0 Å². The van der Waals surface area contributed by atoms with Gasteiger partial charge in [0.15, 0.2) is 0 Å². The monoisotopic (exact) mass is 178 g/mol. The average molecular weight is 178 g/mol. The summed E-state index contributed by atoms with van der Waals surface area (Å²) in [6.07, 6.45) is 0. The highest BCUT2D eigenvalue weighted by atomic mass is 31.2. The molecule has 0 amide bonds. The molecule has 1 fully saturated rings. The van der Waals surface area contributed by atoms with Crippen molar-refractivity contribution < 1.29 is 13.9 Å². The van der Waals surface area contributed by atoms with Crippen molar-refractivity contribution in [1.29, 1.82) is 0 Å². The SMILES string of the molecule is CC(C)C1(C)COP(O)OC1. The van der Waals surface area contributed by atoms with Crippen LogP contribution < -0.4 is 0 Å². The van der Waals surface area contributed by atoms with E-state index < -0.39 is 8.60 Å². The minimum absolute atomic E-state index is 0.0710. The fraction of sp³-hybridized carbons (Fsp3) is 1.00. The molecule has 1 rings (SSSR count). The van der Waals surface area contributed by atoms with E-state index in [0.29, 0.717) is 19.1 Å². The average Bonchev–Trinajstić information content (AvgIpc) is 1.95. The molecule has 1 aliphatic rings. The maximum absolute atomic E-state index is 8.94. The minimum Gasteiger partial charge on any atom is -0.328 e. The second-order valence-corrected chi connectivity index (χ2v) is 4.59. The van der Waals surface area contributed by atoms with Gasteiger partial charge in [0, 0.05) is 5.41 Å². The molecule has 0 aliphatic carbocycles. The van der Waals surface area contributed by atoms with E-state index in [4.69, 9.17) is 13.9 Å². The van der Waals surface area contributed by atoms with E-state index >= 15 is 0 Å². The Bertz CT molecular complexity index is 130. The van der Waals surface area contributed by atoms with Crippen LogP contribution >= 0.6 is 8.60 Å². The Labute approximate surface area is 68.7 Å². The van der Waals surface area contributed by atoms with Gasteiger partial charge in [0.2, 0.25) is 0 Å². The standard InChI is InChI=1S/C7H15O3P/c1-6(2)7(3)4-9-11(8)10-5-7/h6,8H,4-5H2,1-3H3. The van der Waals surface area contributed by atoms with Crippen molar-refractivity contribution in [2.24, 2.45) is 11.3 Å². The summed E-state index contributed by atoms with van der Waals surface area (Å²) in [5.41, 5.74) is 0.0710. The van der Waals surface area contributed by atoms with Crippen LogP contribution in [0.5, 0.6) is 0 Å². The van der Waals surface area contributed by atoms with E-state index in [1.165, 1.54) is 0 Å². The van der Waals surface area contributed by atoms with Crippen LogP contribution in [0.15, 0.2) is 0 Å². The van der Waals surface area contributed by atoms with Crippen molar-refractivity contribution in [1.82, 2.24) is 0 Å². The van der Waals surface area contributed by atoms with Gasteiger partial charge < -0.3 is 13.9 Å². The molecule has 1 saturated heterocycles. The van der Waals surface area contributed by atoms with Crippen LogP contribution in [0.4, 0.5) is 0 Å². The Kier molecular flexibility index (Phi) is 2.87. The van der Waals surface area contributed by atoms with E-state index in [0.717, 1.165) is 0 Å². The van der Waals surface area contributed by atoms with Crippen LogP contribution in [0.2, 0.25) is 0 Å². The topological polar surface area (TPSA) is 38.7 Å². The summed E-state index contributed by atoms with van der Waals surface area (Å²) in [6, 6.07) is 0. The second kappa shape index (κ2) is 3.36. The van der Waals surface area contributed by atoms with Gasteiger partial charge in [-0.25, -0.2) is 0 Å². The molecule has 0 aromatic rings. The lowest BCUT2D eigenvalue weighted by molar-refractivity contribution is -0.00199. The fourth-order valence-corrected chi connectivity index (χ4v) is 1.70. The summed E-state index contributed by atoms with van der Waals surface area (Å²) in [4.78, 5) is 8.94. The van der Waals surface area contributed by atoms with Gasteiger partial charge in [0.05, 0.1) is 13.2 Å². The first-order valence-electron chi connectivity index (χ1n) is 3.79. The van der Waals surface area contributed by atoms with Crippen molar-refractivity contribution >= 4 is 8.60 Å². The zero-order valence-electron chi connectivity index (χ0n) is 7.20. The Balaban J connectivity index is 2.48. The van der Waals surface area contributed by atoms with E-state index in [-0.39, 0.29) is 5.41 Å². The van der Waals surface area contributed by atoms with Gasteiger partial charge >= 0.3 is 8.60 Å². The van der Waals surface area contributed by atoms with Gasteiger partial charge in [-0.3, -0.25) is 0 Å². The summed E-state index contributed by atoms with van der Waals surface area (Å²) >= 11 is 0. The molecular weight excluding hydrogens is 163 g/mol. The first kappa shape index (κ1) is 9.40. The number of hydrogen-bond donors (Lipinski definition) is 1.